The van der Waals surface area contributed by atoms with Gasteiger partial charge in [0.25, 0.3) is 0 Å². The minimum atomic E-state index is -0.863. The number of carbonyl (C=O) groups is 2. The zero-order valence-electron chi connectivity index (χ0n) is 14.5. The number of hydrogen-bond donors (Lipinski definition) is 2. The molecule has 1 fully saturated rings. The predicted octanol–water partition coefficient (Wildman–Crippen LogP) is 1.99. The van der Waals surface area contributed by atoms with Crippen LogP contribution in [0.3, 0.4) is 0 Å². The van der Waals surface area contributed by atoms with Gasteiger partial charge in [-0.25, -0.2) is 4.79 Å². The number of aliphatic carboxylic acids is 1. The molecule has 1 saturated heterocycles. The largest absolute Gasteiger partial charge is 0.481 e. The van der Waals surface area contributed by atoms with Crippen molar-refractivity contribution in [2.45, 2.75) is 32.8 Å². The summed E-state index contributed by atoms with van der Waals surface area (Å²) in [6.45, 7) is 4.72. The van der Waals surface area contributed by atoms with E-state index in [1.165, 1.54) is 5.56 Å². The van der Waals surface area contributed by atoms with Crippen LogP contribution in [0.1, 0.15) is 30.9 Å². The molecular weight excluding hydrogens is 322 g/mol. The van der Waals surface area contributed by atoms with Gasteiger partial charge in [0, 0.05) is 19.5 Å². The van der Waals surface area contributed by atoms with Gasteiger partial charge in [-0.15, -0.1) is 0 Å². The van der Waals surface area contributed by atoms with Gasteiger partial charge in [0.05, 0.1) is 17.7 Å². The van der Waals surface area contributed by atoms with Gasteiger partial charge in [-0.1, -0.05) is 35.0 Å². The van der Waals surface area contributed by atoms with E-state index in [4.69, 9.17) is 4.84 Å². The molecule has 7 nitrogen and oxygen atoms in total. The Hall–Kier alpha value is -2.57. The number of carbonyl (C=O) groups excluding carboxylic acids is 1. The highest BCUT2D eigenvalue weighted by molar-refractivity contribution is 6.01. The lowest BCUT2D eigenvalue weighted by atomic mass is 9.90. The normalized spacial score (nSPS) is 25.4. The maximum Gasteiger partial charge on any atom is 0.317 e. The Morgan fingerprint density at radius 3 is 2.76 bits per heavy atom. The molecule has 0 saturated carbocycles. The molecule has 2 aliphatic heterocycles. The summed E-state index contributed by atoms with van der Waals surface area (Å²) in [7, 11) is 0. The molecule has 7 heteroatoms. The van der Waals surface area contributed by atoms with Crippen molar-refractivity contribution in [3.05, 3.63) is 35.4 Å². The highest BCUT2D eigenvalue weighted by Crippen LogP contribution is 2.30. The number of carboxylic acid groups (broad SMARTS) is 1. The minimum absolute atomic E-state index is 0.200. The highest BCUT2D eigenvalue weighted by atomic mass is 16.6. The average molecular weight is 345 g/mol. The Morgan fingerprint density at radius 1 is 1.40 bits per heavy atom. The first-order valence-electron chi connectivity index (χ1n) is 8.43. The van der Waals surface area contributed by atoms with E-state index in [9.17, 15) is 14.7 Å². The quantitative estimate of drug-likeness (QED) is 0.873. The fraction of sp³-hybridized carbons (Fsp3) is 0.500. The number of urea groups is 1. The van der Waals surface area contributed by atoms with E-state index < -0.39 is 11.4 Å². The van der Waals surface area contributed by atoms with Crippen LogP contribution in [-0.4, -0.2) is 53.5 Å². The van der Waals surface area contributed by atoms with Gasteiger partial charge >= 0.3 is 12.0 Å². The van der Waals surface area contributed by atoms with Crippen LogP contribution < -0.4 is 5.32 Å². The van der Waals surface area contributed by atoms with Crippen LogP contribution in [0, 0.1) is 12.3 Å². The van der Waals surface area contributed by atoms with Crippen molar-refractivity contribution in [3.63, 3.8) is 0 Å². The van der Waals surface area contributed by atoms with Gasteiger partial charge in [0.2, 0.25) is 0 Å². The topological polar surface area (TPSA) is 91.2 Å². The van der Waals surface area contributed by atoms with Crippen molar-refractivity contribution in [1.82, 2.24) is 10.2 Å². The number of nitrogens with zero attached hydrogens (tertiary/aromatic N) is 2. The zero-order valence-corrected chi connectivity index (χ0v) is 14.5. The molecule has 2 atom stereocenters. The van der Waals surface area contributed by atoms with Crippen molar-refractivity contribution >= 4 is 17.7 Å². The number of carboxylic acids is 1. The standard InChI is InChI=1S/C18H23N3O4/c1-12-3-5-13(6-4-12)15-9-14(25-20-15)10-19-17(24)21-8-7-18(2,11-21)16(22)23/h3-6,14H,7-11H2,1-2H3,(H,19,24)(H,22,23). The van der Waals surface area contributed by atoms with E-state index in [0.717, 1.165) is 11.3 Å². The van der Waals surface area contributed by atoms with E-state index in [1.54, 1.807) is 11.8 Å². The molecule has 0 radical (unpaired) electrons. The second kappa shape index (κ2) is 6.74. The van der Waals surface area contributed by atoms with E-state index in [-0.39, 0.29) is 18.7 Å². The fourth-order valence-corrected chi connectivity index (χ4v) is 3.08. The number of aryl methyl sites for hydroxylation is 1. The Kier molecular flexibility index (Phi) is 4.65. The first kappa shape index (κ1) is 17.3. The van der Waals surface area contributed by atoms with Crippen molar-refractivity contribution < 1.29 is 19.5 Å². The van der Waals surface area contributed by atoms with Crippen LogP contribution in [0.25, 0.3) is 0 Å². The number of benzene rings is 1. The summed E-state index contributed by atoms with van der Waals surface area (Å²) in [6, 6.07) is 7.82. The second-order valence-corrected chi connectivity index (χ2v) is 7.06. The van der Waals surface area contributed by atoms with Crippen molar-refractivity contribution in [2.24, 2.45) is 10.6 Å². The summed E-state index contributed by atoms with van der Waals surface area (Å²) in [5.74, 6) is -0.863. The summed E-state index contributed by atoms with van der Waals surface area (Å²) in [5.41, 5.74) is 2.23. The molecule has 0 spiro atoms. The maximum absolute atomic E-state index is 12.2. The molecule has 134 valence electrons. The third kappa shape index (κ3) is 3.75. The van der Waals surface area contributed by atoms with E-state index >= 15 is 0 Å². The zero-order chi connectivity index (χ0) is 18.0. The van der Waals surface area contributed by atoms with Crippen LogP contribution in [0.2, 0.25) is 0 Å². The molecule has 3 rings (SSSR count). The molecule has 1 aromatic rings. The Bertz CT molecular complexity index is 701. The Morgan fingerprint density at radius 2 is 2.12 bits per heavy atom. The van der Waals surface area contributed by atoms with Crippen LogP contribution in [0.4, 0.5) is 4.79 Å². The van der Waals surface area contributed by atoms with Gasteiger partial charge in [-0.05, 0) is 25.8 Å². The minimum Gasteiger partial charge on any atom is -0.481 e. The second-order valence-electron chi connectivity index (χ2n) is 7.06. The van der Waals surface area contributed by atoms with Crippen LogP contribution in [0.5, 0.6) is 0 Å². The SMILES string of the molecule is Cc1ccc(C2=NOC(CNC(=O)N3CCC(C)(C(=O)O)C3)C2)cc1. The summed E-state index contributed by atoms with van der Waals surface area (Å²) in [6.07, 6.45) is 0.903. The molecule has 0 bridgehead atoms. The first-order valence-corrected chi connectivity index (χ1v) is 8.43. The maximum atomic E-state index is 12.2. The number of hydrogen-bond acceptors (Lipinski definition) is 4. The summed E-state index contributed by atoms with van der Waals surface area (Å²) in [5, 5.41) is 16.2. The van der Waals surface area contributed by atoms with Gasteiger partial charge in [0.1, 0.15) is 0 Å². The molecule has 0 aromatic heterocycles. The molecule has 2 N–H and O–H groups in total. The Balaban J connectivity index is 1.47. The van der Waals surface area contributed by atoms with E-state index in [1.807, 2.05) is 31.2 Å². The lowest BCUT2D eigenvalue weighted by Gasteiger charge is -2.21. The van der Waals surface area contributed by atoms with Crippen molar-refractivity contribution in [2.75, 3.05) is 19.6 Å². The van der Waals surface area contributed by atoms with Gasteiger partial charge < -0.3 is 20.2 Å². The molecule has 2 unspecified atom stereocenters. The summed E-state index contributed by atoms with van der Waals surface area (Å²) < 4.78 is 0. The molecule has 1 aromatic carbocycles. The molecular formula is C18H23N3O4. The van der Waals surface area contributed by atoms with Crippen LogP contribution in [-0.2, 0) is 9.63 Å². The molecule has 2 aliphatic rings. The van der Waals surface area contributed by atoms with Crippen LogP contribution in [0.15, 0.2) is 29.4 Å². The number of oxime groups is 1. The van der Waals surface area contributed by atoms with E-state index in [2.05, 4.69) is 10.5 Å². The predicted molar refractivity (Wildman–Crippen MR) is 92.5 cm³/mol. The number of likely N-dealkylation sites (tertiary alicyclic amines) is 1. The lowest BCUT2D eigenvalue weighted by molar-refractivity contribution is -0.147. The van der Waals surface area contributed by atoms with Gasteiger partial charge in [0.15, 0.2) is 6.10 Å². The lowest BCUT2D eigenvalue weighted by Crippen LogP contribution is -2.43. The fourth-order valence-electron chi connectivity index (χ4n) is 3.08. The number of amides is 2. The van der Waals surface area contributed by atoms with Gasteiger partial charge in [-0.3, -0.25) is 4.79 Å². The average Bonchev–Trinajstić information content (AvgIpc) is 3.21. The summed E-state index contributed by atoms with van der Waals surface area (Å²) >= 11 is 0. The van der Waals surface area contributed by atoms with Crippen LogP contribution >= 0.6 is 0 Å². The van der Waals surface area contributed by atoms with Crippen molar-refractivity contribution in [3.8, 4) is 0 Å². The third-order valence-electron chi connectivity index (χ3n) is 4.88. The number of nitrogens with one attached hydrogen (secondary N) is 1. The smallest absolute Gasteiger partial charge is 0.317 e. The number of rotatable bonds is 4. The van der Waals surface area contributed by atoms with E-state index in [0.29, 0.717) is 25.9 Å². The summed E-state index contributed by atoms with van der Waals surface area (Å²) in [4.78, 5) is 30.4. The third-order valence-corrected chi connectivity index (χ3v) is 4.88. The molecule has 2 heterocycles. The highest BCUT2D eigenvalue weighted by Gasteiger charge is 2.42. The Labute approximate surface area is 146 Å². The molecule has 0 aliphatic carbocycles. The van der Waals surface area contributed by atoms with Gasteiger partial charge in [-0.2, -0.15) is 0 Å². The van der Waals surface area contributed by atoms with Crippen molar-refractivity contribution in [1.29, 1.82) is 0 Å². The molecule has 2 amide bonds. The molecule has 25 heavy (non-hydrogen) atoms. The monoisotopic (exact) mass is 345 g/mol. The first-order chi connectivity index (χ1) is 11.9.